The molecule has 13 nitrogen and oxygen atoms in total. The van der Waals surface area contributed by atoms with Crippen molar-refractivity contribution in [2.24, 2.45) is 17.6 Å². The van der Waals surface area contributed by atoms with Crippen LogP contribution >= 0.6 is 0 Å². The van der Waals surface area contributed by atoms with Crippen LogP contribution in [0.2, 0.25) is 0 Å². The van der Waals surface area contributed by atoms with Crippen LogP contribution in [0.15, 0.2) is 11.6 Å². The Bertz CT molecular complexity index is 1300. The van der Waals surface area contributed by atoms with Gasteiger partial charge in [-0.15, -0.1) is 0 Å². The van der Waals surface area contributed by atoms with Gasteiger partial charge in [-0.3, -0.25) is 19.2 Å². The highest BCUT2D eigenvalue weighted by Crippen LogP contribution is 2.51. The maximum atomic E-state index is 14.1. The normalized spacial score (nSPS) is 25.0. The number of phenolic OH excluding ortho intramolecular Hbond substituents is 1. The standard InChI is InChI=1S/C28H38N4O9/c1-30(2)18-11-16(27(39)32-5-7-41-8-6-32)24(36)23-15(18)9-14-10-17(19(13-33)31(3)4)28(40,20(34)12-21(29)35)26(38)22(14)25(23)37/h11,14,17,19,33,36-37,40H,5-10,12-13H2,1-4H3,(H2,29,35)/t14?,17?,19-,28-/m1/s1. The lowest BCUT2D eigenvalue weighted by atomic mass is 9.59. The zero-order valence-corrected chi connectivity index (χ0v) is 23.7. The van der Waals surface area contributed by atoms with Crippen molar-refractivity contribution in [2.45, 2.75) is 30.9 Å². The van der Waals surface area contributed by atoms with Crippen molar-refractivity contribution in [2.75, 3.05) is 66.0 Å². The molecule has 2 unspecified atom stereocenters. The summed E-state index contributed by atoms with van der Waals surface area (Å²) in [5.74, 6) is -6.78. The molecule has 6 N–H and O–H groups in total. The highest BCUT2D eigenvalue weighted by atomic mass is 16.5. The smallest absolute Gasteiger partial charge is 0.257 e. The van der Waals surface area contributed by atoms with E-state index in [9.17, 15) is 39.6 Å². The number of fused-ring (bicyclic) bond motifs is 2. The van der Waals surface area contributed by atoms with Crippen LogP contribution in [0.25, 0.3) is 5.76 Å². The number of Topliss-reactive ketones (excluding diaryl/α,β-unsaturated/α-hetero) is 2. The van der Waals surface area contributed by atoms with Gasteiger partial charge in [0, 0.05) is 50.4 Å². The number of morpholine rings is 1. The Labute approximate surface area is 237 Å². The number of nitrogens with zero attached hydrogens (tertiary/aromatic N) is 3. The Kier molecular flexibility index (Phi) is 8.46. The predicted octanol–water partition coefficient (Wildman–Crippen LogP) is -0.941. The van der Waals surface area contributed by atoms with Crippen molar-refractivity contribution in [1.82, 2.24) is 9.80 Å². The Morgan fingerprint density at radius 1 is 1.17 bits per heavy atom. The molecule has 1 aromatic carbocycles. The fraction of sp³-hybridized carbons (Fsp3) is 0.571. The van der Waals surface area contributed by atoms with E-state index in [0.29, 0.717) is 37.6 Å². The predicted molar refractivity (Wildman–Crippen MR) is 147 cm³/mol. The zero-order valence-electron chi connectivity index (χ0n) is 23.7. The van der Waals surface area contributed by atoms with E-state index in [1.165, 1.54) is 4.90 Å². The molecule has 1 aliphatic heterocycles. The number of aliphatic hydroxyl groups excluding tert-OH is 2. The van der Waals surface area contributed by atoms with Crippen molar-refractivity contribution in [1.29, 1.82) is 0 Å². The topological polar surface area (TPSA) is 194 Å². The third kappa shape index (κ3) is 5.07. The number of aliphatic hydroxyl groups is 3. The van der Waals surface area contributed by atoms with Crippen molar-refractivity contribution in [3.8, 4) is 5.75 Å². The molecule has 0 radical (unpaired) electrons. The van der Waals surface area contributed by atoms with Gasteiger partial charge < -0.3 is 45.6 Å². The van der Waals surface area contributed by atoms with E-state index in [0.717, 1.165) is 0 Å². The molecule has 224 valence electrons. The number of ketones is 2. The molecule has 13 heteroatoms. The molecule has 1 aromatic rings. The van der Waals surface area contributed by atoms with Gasteiger partial charge in [0.2, 0.25) is 11.7 Å². The molecule has 0 aromatic heterocycles. The second-order valence-electron chi connectivity index (χ2n) is 11.3. The second kappa shape index (κ2) is 11.4. The first-order valence-corrected chi connectivity index (χ1v) is 13.5. The monoisotopic (exact) mass is 574 g/mol. The molecule has 3 aliphatic rings. The number of ether oxygens (including phenoxy) is 1. The van der Waals surface area contributed by atoms with Crippen LogP contribution in [-0.4, -0.2) is 126 Å². The van der Waals surface area contributed by atoms with Gasteiger partial charge in [0.05, 0.1) is 37.4 Å². The first-order valence-electron chi connectivity index (χ1n) is 13.5. The van der Waals surface area contributed by atoms with E-state index < -0.39 is 71.4 Å². The summed E-state index contributed by atoms with van der Waals surface area (Å²) in [4.78, 5) is 57.2. The van der Waals surface area contributed by atoms with Crippen LogP contribution in [0.3, 0.4) is 0 Å². The molecule has 2 aliphatic carbocycles. The number of primary amides is 1. The van der Waals surface area contributed by atoms with E-state index in [4.69, 9.17) is 10.5 Å². The van der Waals surface area contributed by atoms with Gasteiger partial charge in [-0.25, -0.2) is 0 Å². The van der Waals surface area contributed by atoms with E-state index >= 15 is 0 Å². The molecular weight excluding hydrogens is 536 g/mol. The quantitative estimate of drug-likeness (QED) is 0.241. The number of hydrogen-bond donors (Lipinski definition) is 5. The van der Waals surface area contributed by atoms with Gasteiger partial charge in [-0.1, -0.05) is 0 Å². The highest BCUT2D eigenvalue weighted by molar-refractivity contribution is 6.23. The summed E-state index contributed by atoms with van der Waals surface area (Å²) in [6.45, 7) is 0.806. The summed E-state index contributed by atoms with van der Waals surface area (Å²) in [7, 11) is 6.74. The van der Waals surface area contributed by atoms with Crippen molar-refractivity contribution in [3.63, 3.8) is 0 Å². The number of carbonyl (C=O) groups excluding carboxylic acids is 4. The summed E-state index contributed by atoms with van der Waals surface area (Å²) in [5, 5.41) is 44.9. The SMILES string of the molecule is CN(C)c1cc(C(=O)N2CCOCC2)c(O)c2c1CC1CC([C@@H](CO)N(C)C)[C@@](O)(C(=O)CC(N)=O)C(=O)C1=C2O. The van der Waals surface area contributed by atoms with Crippen LogP contribution in [0.4, 0.5) is 5.69 Å². The number of rotatable bonds is 8. The molecule has 1 heterocycles. The molecule has 4 atom stereocenters. The summed E-state index contributed by atoms with van der Waals surface area (Å²) in [5.41, 5.74) is 3.01. The Hall–Kier alpha value is -3.52. The van der Waals surface area contributed by atoms with Gasteiger partial charge in [0.1, 0.15) is 11.5 Å². The van der Waals surface area contributed by atoms with E-state index in [1.54, 1.807) is 44.1 Å². The number of benzene rings is 1. The summed E-state index contributed by atoms with van der Waals surface area (Å²) >= 11 is 0. The molecule has 4 rings (SSSR count). The number of amides is 2. The number of aromatic hydroxyl groups is 1. The Balaban J connectivity index is 1.92. The van der Waals surface area contributed by atoms with Crippen LogP contribution < -0.4 is 10.6 Å². The molecule has 2 amide bonds. The minimum absolute atomic E-state index is 0.00290. The minimum atomic E-state index is -2.77. The number of nitrogens with two attached hydrogens (primary N) is 1. The van der Waals surface area contributed by atoms with Crippen LogP contribution in [-0.2, 0) is 25.5 Å². The average Bonchev–Trinajstić information content (AvgIpc) is 2.91. The second-order valence-corrected chi connectivity index (χ2v) is 11.3. The molecule has 0 spiro atoms. The molecule has 2 fully saturated rings. The lowest BCUT2D eigenvalue weighted by molar-refractivity contribution is -0.163. The largest absolute Gasteiger partial charge is 0.507 e. The van der Waals surface area contributed by atoms with Crippen molar-refractivity contribution < 1.29 is 44.3 Å². The zero-order chi connectivity index (χ0) is 30.4. The van der Waals surface area contributed by atoms with Crippen LogP contribution in [0.1, 0.15) is 34.3 Å². The summed E-state index contributed by atoms with van der Waals surface area (Å²) < 4.78 is 5.32. The van der Waals surface area contributed by atoms with Gasteiger partial charge in [-0.2, -0.15) is 0 Å². The molecule has 41 heavy (non-hydrogen) atoms. The fourth-order valence-corrected chi connectivity index (χ4v) is 6.39. The lowest BCUT2D eigenvalue weighted by Gasteiger charge is -2.47. The van der Waals surface area contributed by atoms with Gasteiger partial charge in [0.25, 0.3) is 5.91 Å². The van der Waals surface area contributed by atoms with Crippen LogP contribution in [0, 0.1) is 11.8 Å². The first-order chi connectivity index (χ1) is 19.2. The number of likely N-dealkylation sites (N-methyl/N-ethyl adjacent to an activating group) is 1. The summed E-state index contributed by atoms with van der Waals surface area (Å²) in [6.07, 6.45) is -0.791. The van der Waals surface area contributed by atoms with Gasteiger partial charge in [0.15, 0.2) is 11.4 Å². The number of hydrogen-bond acceptors (Lipinski definition) is 11. The van der Waals surface area contributed by atoms with Crippen LogP contribution in [0.5, 0.6) is 5.75 Å². The third-order valence-corrected chi connectivity index (χ3v) is 8.49. The third-order valence-electron chi connectivity index (χ3n) is 8.49. The van der Waals surface area contributed by atoms with Gasteiger partial charge in [-0.05, 0) is 44.5 Å². The summed E-state index contributed by atoms with van der Waals surface area (Å²) in [6, 6.07) is 0.705. The number of carbonyl (C=O) groups is 4. The first kappa shape index (κ1) is 30.4. The molecule has 1 saturated heterocycles. The lowest BCUT2D eigenvalue weighted by Crippen LogP contribution is -2.64. The molecule has 1 saturated carbocycles. The van der Waals surface area contributed by atoms with E-state index in [2.05, 4.69) is 0 Å². The average molecular weight is 575 g/mol. The maximum Gasteiger partial charge on any atom is 0.257 e. The molecular formula is C28H38N4O9. The Morgan fingerprint density at radius 2 is 1.80 bits per heavy atom. The van der Waals surface area contributed by atoms with E-state index in [1.807, 2.05) is 0 Å². The highest BCUT2D eigenvalue weighted by Gasteiger charge is 2.60. The fourth-order valence-electron chi connectivity index (χ4n) is 6.39. The van der Waals surface area contributed by atoms with Gasteiger partial charge >= 0.3 is 0 Å². The van der Waals surface area contributed by atoms with Crippen molar-refractivity contribution >= 4 is 34.8 Å². The maximum absolute atomic E-state index is 14.1. The van der Waals surface area contributed by atoms with Crippen molar-refractivity contribution in [3.05, 3.63) is 28.3 Å². The number of anilines is 1. The molecule has 0 bridgehead atoms. The Morgan fingerprint density at radius 3 is 2.34 bits per heavy atom. The number of phenols is 1. The van der Waals surface area contributed by atoms with E-state index in [-0.39, 0.29) is 29.5 Å². The minimum Gasteiger partial charge on any atom is -0.507 e.